The predicted molar refractivity (Wildman–Crippen MR) is 205 cm³/mol. The number of carboxylic acids is 1. The lowest BCUT2D eigenvalue weighted by Gasteiger charge is -2.35. The summed E-state index contributed by atoms with van der Waals surface area (Å²) in [6.45, 7) is 12.3. The molecule has 3 aliphatic rings. The lowest BCUT2D eigenvalue weighted by molar-refractivity contribution is -0.146. The molecule has 0 spiro atoms. The van der Waals surface area contributed by atoms with Gasteiger partial charge in [-0.15, -0.1) is 17.9 Å². The van der Waals surface area contributed by atoms with E-state index in [0.717, 1.165) is 31.2 Å². The molecule has 4 amide bonds. The third-order valence-corrected chi connectivity index (χ3v) is 11.4. The van der Waals surface area contributed by atoms with Gasteiger partial charge in [0, 0.05) is 41.7 Å². The molecule has 1 saturated heterocycles. The molecule has 15 nitrogen and oxygen atoms in total. The van der Waals surface area contributed by atoms with E-state index in [1.807, 2.05) is 13.0 Å². The van der Waals surface area contributed by atoms with Gasteiger partial charge in [-0.05, 0) is 56.6 Å². The molecule has 5 atom stereocenters. The molecule has 294 valence electrons. The first-order valence-electron chi connectivity index (χ1n) is 18.4. The van der Waals surface area contributed by atoms with Gasteiger partial charge in [-0.1, -0.05) is 26.8 Å². The number of likely N-dealkylation sites (tertiary alicyclic amines) is 1. The van der Waals surface area contributed by atoms with E-state index in [0.29, 0.717) is 38.9 Å². The molecule has 2 aliphatic carbocycles. The molecule has 2 saturated carbocycles. The van der Waals surface area contributed by atoms with Crippen LogP contribution in [0.2, 0.25) is 0 Å². The fourth-order valence-electron chi connectivity index (χ4n) is 7.43. The number of nitrogens with zero attached hydrogens (tertiary/aromatic N) is 3. The maximum atomic E-state index is 14.6. The standard InChI is InChI=1S/C39H48N6O9S/c1-8-22-17-39(22,36(49)50)44-33(47)27-15-24(18-45(27)35(48)32(38(4,5)6)43-37(51)54-23-11-9-10-12-23)53-29-16-26(34-42-30(19-55-34)40-21(3)46)41-31-20(2)28(52-7)14-13-25(29)31/h8,13-14,16,19,22-24,27,32H,1,9-12,15,17-18H2,2-7H3,(H,40,46)(H,43,51)(H,44,47)(H,49,50)/t22-,24-,27+,32-,39-/m1/s1. The Kier molecular flexibility index (Phi) is 11.1. The number of thiazole rings is 1. The summed E-state index contributed by atoms with van der Waals surface area (Å²) in [5, 5.41) is 21.1. The first kappa shape index (κ1) is 39.4. The van der Waals surface area contributed by atoms with Crippen LogP contribution in [0.25, 0.3) is 21.6 Å². The fourth-order valence-corrected chi connectivity index (χ4v) is 8.14. The Balaban J connectivity index is 1.35. The maximum absolute atomic E-state index is 14.6. The largest absolute Gasteiger partial charge is 0.496 e. The Bertz CT molecular complexity index is 2020. The highest BCUT2D eigenvalue weighted by molar-refractivity contribution is 7.13. The maximum Gasteiger partial charge on any atom is 0.408 e. The number of aryl methyl sites for hydroxylation is 1. The van der Waals surface area contributed by atoms with Gasteiger partial charge in [0.25, 0.3) is 0 Å². The van der Waals surface area contributed by atoms with Crippen molar-refractivity contribution in [2.75, 3.05) is 19.0 Å². The predicted octanol–water partition coefficient (Wildman–Crippen LogP) is 5.21. The Morgan fingerprint density at radius 2 is 1.84 bits per heavy atom. The highest BCUT2D eigenvalue weighted by Crippen LogP contribution is 2.45. The molecule has 1 aromatic carbocycles. The van der Waals surface area contributed by atoms with Crippen molar-refractivity contribution in [3.63, 3.8) is 0 Å². The van der Waals surface area contributed by atoms with Gasteiger partial charge in [0.2, 0.25) is 17.7 Å². The van der Waals surface area contributed by atoms with Crippen LogP contribution in [0.4, 0.5) is 10.6 Å². The van der Waals surface area contributed by atoms with Crippen LogP contribution >= 0.6 is 11.3 Å². The summed E-state index contributed by atoms with van der Waals surface area (Å²) in [6.07, 6.45) is 3.43. The highest BCUT2D eigenvalue weighted by atomic mass is 32.1. The second-order valence-corrected chi connectivity index (χ2v) is 16.4. The minimum absolute atomic E-state index is 0.0215. The van der Waals surface area contributed by atoms with Crippen LogP contribution < -0.4 is 25.4 Å². The zero-order valence-electron chi connectivity index (χ0n) is 31.9. The number of rotatable bonds is 12. The van der Waals surface area contributed by atoms with E-state index in [4.69, 9.17) is 19.2 Å². The SMILES string of the molecule is C=C[C@@H]1C[C@]1(NC(=O)[C@@H]1C[C@@H](Oc2cc(-c3nc(NC(C)=O)cs3)nc3c(C)c(OC)ccc23)CN1C(=O)[C@@H](NC(=O)OC1CCCC1)C(C)(C)C)C(=O)O. The van der Waals surface area contributed by atoms with Gasteiger partial charge in [-0.25, -0.2) is 19.6 Å². The summed E-state index contributed by atoms with van der Waals surface area (Å²) in [6, 6.07) is 3.12. The first-order chi connectivity index (χ1) is 26.0. The van der Waals surface area contributed by atoms with Crippen molar-refractivity contribution in [3.05, 3.63) is 41.8 Å². The van der Waals surface area contributed by atoms with Crippen molar-refractivity contribution >= 4 is 57.8 Å². The number of hydrogen-bond acceptors (Lipinski definition) is 11. The summed E-state index contributed by atoms with van der Waals surface area (Å²) in [4.78, 5) is 76.7. The average molecular weight is 777 g/mol. The number of carboxylic acid groups (broad SMARTS) is 1. The second-order valence-electron chi connectivity index (χ2n) is 15.6. The van der Waals surface area contributed by atoms with Crippen LogP contribution in [0.5, 0.6) is 11.5 Å². The minimum atomic E-state index is -1.53. The molecule has 3 aromatic rings. The molecule has 4 N–H and O–H groups in total. The Morgan fingerprint density at radius 3 is 2.45 bits per heavy atom. The number of ether oxygens (including phenoxy) is 3. The lowest BCUT2D eigenvalue weighted by atomic mass is 9.85. The number of nitrogens with one attached hydrogen (secondary N) is 3. The molecular weight excluding hydrogens is 729 g/mol. The van der Waals surface area contributed by atoms with Gasteiger partial charge in [0.05, 0.1) is 19.2 Å². The van der Waals surface area contributed by atoms with Gasteiger partial charge in [-0.2, -0.15) is 0 Å². The monoisotopic (exact) mass is 776 g/mol. The summed E-state index contributed by atoms with van der Waals surface area (Å²) in [5.74, 6) is -1.73. The zero-order chi connectivity index (χ0) is 39.8. The molecule has 55 heavy (non-hydrogen) atoms. The van der Waals surface area contributed by atoms with E-state index >= 15 is 0 Å². The topological polar surface area (TPSA) is 198 Å². The van der Waals surface area contributed by atoms with Crippen LogP contribution in [-0.2, 0) is 23.9 Å². The Morgan fingerprint density at radius 1 is 1.11 bits per heavy atom. The molecule has 0 unspecified atom stereocenters. The van der Waals surface area contributed by atoms with Crippen LogP contribution in [0, 0.1) is 18.3 Å². The van der Waals surface area contributed by atoms with E-state index < -0.39 is 58.9 Å². The van der Waals surface area contributed by atoms with Gasteiger partial charge < -0.3 is 40.2 Å². The number of alkyl carbamates (subject to hydrolysis) is 1. The number of methoxy groups -OCH3 is 1. The molecule has 6 rings (SSSR count). The van der Waals surface area contributed by atoms with E-state index in [1.165, 1.54) is 29.2 Å². The molecule has 0 radical (unpaired) electrons. The Labute approximate surface area is 323 Å². The third-order valence-electron chi connectivity index (χ3n) is 10.5. The number of aromatic nitrogens is 2. The van der Waals surface area contributed by atoms with E-state index in [9.17, 15) is 29.1 Å². The van der Waals surface area contributed by atoms with Gasteiger partial charge in [-0.3, -0.25) is 14.4 Å². The number of carbonyl (C=O) groups excluding carboxylic acids is 4. The molecule has 3 fully saturated rings. The van der Waals surface area contributed by atoms with Crippen molar-refractivity contribution in [1.29, 1.82) is 0 Å². The first-order valence-corrected chi connectivity index (χ1v) is 19.3. The molecule has 16 heteroatoms. The van der Waals surface area contributed by atoms with Crippen molar-refractivity contribution in [2.45, 2.75) is 103 Å². The van der Waals surface area contributed by atoms with Crippen LogP contribution in [-0.4, -0.2) is 93.2 Å². The number of carbonyl (C=O) groups is 5. The lowest BCUT2D eigenvalue weighted by Crippen LogP contribution is -2.59. The summed E-state index contributed by atoms with van der Waals surface area (Å²) in [5.41, 5.74) is -0.542. The van der Waals surface area contributed by atoms with Crippen molar-refractivity contribution in [2.24, 2.45) is 11.3 Å². The molecule has 1 aliphatic heterocycles. The fraction of sp³-hybridized carbons (Fsp3) is 0.513. The number of anilines is 1. The molecular formula is C39H48N6O9S. The quantitative estimate of drug-likeness (QED) is 0.176. The number of fused-ring (bicyclic) bond motifs is 1. The van der Waals surface area contributed by atoms with Crippen molar-refractivity contribution in [3.8, 4) is 22.2 Å². The molecule has 0 bridgehead atoms. The number of benzene rings is 1. The third kappa shape index (κ3) is 8.23. The van der Waals surface area contributed by atoms with Crippen LogP contribution in [0.15, 0.2) is 36.2 Å². The highest BCUT2D eigenvalue weighted by Gasteiger charge is 2.61. The summed E-state index contributed by atoms with van der Waals surface area (Å²) in [7, 11) is 1.56. The van der Waals surface area contributed by atoms with E-state index in [2.05, 4.69) is 27.5 Å². The van der Waals surface area contributed by atoms with Crippen molar-refractivity contribution < 1.29 is 43.3 Å². The smallest absolute Gasteiger partial charge is 0.408 e. The molecule has 2 aromatic heterocycles. The summed E-state index contributed by atoms with van der Waals surface area (Å²) >= 11 is 1.28. The van der Waals surface area contributed by atoms with Gasteiger partial charge in [0.1, 0.15) is 57.8 Å². The Hall–Kier alpha value is -5.25. The number of pyridine rings is 1. The number of hydrogen-bond donors (Lipinski definition) is 4. The average Bonchev–Trinajstić information content (AvgIpc) is 3.53. The van der Waals surface area contributed by atoms with Gasteiger partial charge >= 0.3 is 12.1 Å². The van der Waals surface area contributed by atoms with Crippen molar-refractivity contribution in [1.82, 2.24) is 25.5 Å². The normalized spacial score (nSPS) is 22.8. The van der Waals surface area contributed by atoms with Crippen LogP contribution in [0.3, 0.4) is 0 Å². The molecule has 3 heterocycles. The van der Waals surface area contributed by atoms with Crippen LogP contribution in [0.1, 0.15) is 71.8 Å². The zero-order valence-corrected chi connectivity index (χ0v) is 32.7. The summed E-state index contributed by atoms with van der Waals surface area (Å²) < 4.78 is 17.9. The number of aliphatic carboxylic acids is 1. The van der Waals surface area contributed by atoms with E-state index in [1.54, 1.807) is 45.4 Å². The number of amides is 4. The second kappa shape index (κ2) is 15.5. The van der Waals surface area contributed by atoms with Gasteiger partial charge in [0.15, 0.2) is 0 Å². The minimum Gasteiger partial charge on any atom is -0.496 e. The van der Waals surface area contributed by atoms with E-state index in [-0.39, 0.29) is 31.4 Å².